The van der Waals surface area contributed by atoms with Gasteiger partial charge in [0.2, 0.25) is 11.8 Å². The van der Waals surface area contributed by atoms with Crippen LogP contribution in [0.4, 0.5) is 4.79 Å². The van der Waals surface area contributed by atoms with E-state index in [1.807, 2.05) is 47.6 Å². The Kier molecular flexibility index (Phi) is 8.33. The summed E-state index contributed by atoms with van der Waals surface area (Å²) in [5.41, 5.74) is 4.67. The summed E-state index contributed by atoms with van der Waals surface area (Å²) < 4.78 is 13.3. The van der Waals surface area contributed by atoms with Gasteiger partial charge in [-0.15, -0.1) is 0 Å². The van der Waals surface area contributed by atoms with Crippen molar-refractivity contribution in [2.75, 3.05) is 6.61 Å². The van der Waals surface area contributed by atoms with Gasteiger partial charge in [0.15, 0.2) is 0 Å². The summed E-state index contributed by atoms with van der Waals surface area (Å²) in [5.74, 6) is 1.64. The third-order valence-corrected chi connectivity index (χ3v) is 8.07. The van der Waals surface area contributed by atoms with Crippen molar-refractivity contribution in [1.29, 1.82) is 0 Å². The quantitative estimate of drug-likeness (QED) is 0.384. The number of carbonyl (C=O) groups is 3. The normalized spacial score (nSPS) is 27.8. The van der Waals surface area contributed by atoms with Gasteiger partial charge in [0.25, 0.3) is 5.91 Å². The van der Waals surface area contributed by atoms with Crippen LogP contribution in [0.15, 0.2) is 12.3 Å². The van der Waals surface area contributed by atoms with Crippen LogP contribution in [0.1, 0.15) is 90.4 Å². The lowest BCUT2D eigenvalue weighted by Gasteiger charge is -2.58. The Bertz CT molecular complexity index is 1090. The van der Waals surface area contributed by atoms with E-state index in [0.29, 0.717) is 30.4 Å². The van der Waals surface area contributed by atoms with Gasteiger partial charge in [-0.05, 0) is 81.6 Å². The van der Waals surface area contributed by atoms with Gasteiger partial charge >= 0.3 is 6.09 Å². The van der Waals surface area contributed by atoms with E-state index in [1.165, 1.54) is 6.20 Å². The molecule has 39 heavy (non-hydrogen) atoms. The van der Waals surface area contributed by atoms with Gasteiger partial charge in [-0.1, -0.05) is 27.7 Å². The highest BCUT2D eigenvalue weighted by atomic mass is 16.6. The number of nitrogens with one attached hydrogen (secondary N) is 2. The molecule has 4 aliphatic carbocycles. The van der Waals surface area contributed by atoms with Crippen molar-refractivity contribution in [3.05, 3.63) is 17.8 Å². The second-order valence-electron chi connectivity index (χ2n) is 13.3. The third kappa shape index (κ3) is 6.94. The molecule has 0 radical (unpaired) electrons. The molecule has 4 N–H and O–H groups in total. The fourth-order valence-corrected chi connectivity index (χ4v) is 6.84. The zero-order valence-corrected chi connectivity index (χ0v) is 24.2. The fourth-order valence-electron chi connectivity index (χ4n) is 6.84. The molecule has 3 amide bonds. The van der Waals surface area contributed by atoms with Crippen LogP contribution in [0.3, 0.4) is 0 Å². The average molecular weight is 544 g/mol. The molecule has 4 fully saturated rings. The van der Waals surface area contributed by atoms with E-state index < -0.39 is 17.2 Å². The van der Waals surface area contributed by atoms with Crippen molar-refractivity contribution < 1.29 is 23.9 Å². The zero-order valence-electron chi connectivity index (χ0n) is 24.2. The molecule has 1 aromatic heterocycles. The monoisotopic (exact) mass is 543 g/mol. The molecule has 0 aliphatic heterocycles. The SMILES string of the molecule is CC(C)COc1c(C(=O)N[C@@H]2C3CC4C[C@@H]2C[C@@](OC(N)=O)(C4)C3)cnn1/C=C/C(C)(C)NC(=O)CC(C)C. The van der Waals surface area contributed by atoms with Gasteiger partial charge in [-0.25, -0.2) is 9.48 Å². The van der Waals surface area contributed by atoms with Crippen molar-refractivity contribution in [3.63, 3.8) is 0 Å². The van der Waals surface area contributed by atoms with E-state index in [9.17, 15) is 14.4 Å². The molecule has 0 spiro atoms. The molecule has 216 valence electrons. The van der Waals surface area contributed by atoms with Crippen molar-refractivity contribution >= 4 is 24.1 Å². The van der Waals surface area contributed by atoms with E-state index in [1.54, 1.807) is 10.9 Å². The van der Waals surface area contributed by atoms with Crippen molar-refractivity contribution in [2.45, 2.75) is 97.2 Å². The summed E-state index contributed by atoms with van der Waals surface area (Å²) in [6.45, 7) is 12.4. The first-order chi connectivity index (χ1) is 18.3. The number of rotatable bonds is 11. The maximum Gasteiger partial charge on any atom is 0.405 e. The minimum Gasteiger partial charge on any atom is -0.477 e. The first kappa shape index (κ1) is 29.0. The molecule has 5 atom stereocenters. The standard InChI is InChI=1S/C29H45N5O5/c1-17(2)9-23(35)33-28(5,6)7-8-34-26(38-16-18(3)4)22(15-31-34)25(36)32-24-20-10-19-11-21(24)14-29(12-19,13-20)39-27(30)37/h7-8,15,17-21,24H,9-14,16H2,1-6H3,(H2,30,37)(H,32,36)(H,33,35)/b8-7+/t19?,20-,21?,24+,29+/m1/s1. The van der Waals surface area contributed by atoms with Crippen LogP contribution >= 0.6 is 0 Å². The van der Waals surface area contributed by atoms with E-state index in [-0.39, 0.29) is 41.5 Å². The van der Waals surface area contributed by atoms with Gasteiger partial charge in [0, 0.05) is 18.7 Å². The fraction of sp³-hybridized carbons (Fsp3) is 0.724. The topological polar surface area (TPSA) is 138 Å². The molecule has 10 nitrogen and oxygen atoms in total. The highest BCUT2D eigenvalue weighted by molar-refractivity contribution is 5.96. The Morgan fingerprint density at radius 1 is 1.15 bits per heavy atom. The smallest absolute Gasteiger partial charge is 0.405 e. The van der Waals surface area contributed by atoms with Gasteiger partial charge in [0.05, 0.1) is 18.3 Å². The van der Waals surface area contributed by atoms with E-state index >= 15 is 0 Å². The zero-order chi connectivity index (χ0) is 28.5. The molecule has 4 aliphatic rings. The Labute approximate surface area is 231 Å². The average Bonchev–Trinajstić information content (AvgIpc) is 3.19. The number of nitrogens with two attached hydrogens (primary N) is 1. The molecule has 2 unspecified atom stereocenters. The van der Waals surface area contributed by atoms with Crippen LogP contribution in [-0.4, -0.2) is 51.5 Å². The first-order valence-corrected chi connectivity index (χ1v) is 14.3. The van der Waals surface area contributed by atoms with Crippen LogP contribution in [-0.2, 0) is 9.53 Å². The van der Waals surface area contributed by atoms with Gasteiger partial charge < -0.3 is 25.8 Å². The summed E-state index contributed by atoms with van der Waals surface area (Å²) in [7, 11) is 0. The first-order valence-electron chi connectivity index (χ1n) is 14.3. The Hall–Kier alpha value is -3.04. The summed E-state index contributed by atoms with van der Waals surface area (Å²) in [6.07, 6.45) is 9.20. The molecule has 10 heteroatoms. The number of aromatic nitrogens is 2. The van der Waals surface area contributed by atoms with Gasteiger partial charge in [-0.3, -0.25) is 9.59 Å². The second kappa shape index (κ2) is 11.2. The number of nitrogens with zero attached hydrogens (tertiary/aromatic N) is 2. The molecule has 1 heterocycles. The molecular weight excluding hydrogens is 498 g/mol. The van der Waals surface area contributed by atoms with Crippen LogP contribution in [0.5, 0.6) is 5.88 Å². The molecule has 4 saturated carbocycles. The maximum atomic E-state index is 13.6. The van der Waals surface area contributed by atoms with Gasteiger partial charge in [-0.2, -0.15) is 5.10 Å². The lowest BCUT2D eigenvalue weighted by atomic mass is 9.52. The van der Waals surface area contributed by atoms with Gasteiger partial charge in [0.1, 0.15) is 11.2 Å². The number of primary amides is 1. The lowest BCUT2D eigenvalue weighted by molar-refractivity contribution is -0.137. The number of amides is 3. The van der Waals surface area contributed by atoms with E-state index in [4.69, 9.17) is 15.2 Å². The summed E-state index contributed by atoms with van der Waals surface area (Å²) >= 11 is 0. The molecular formula is C29H45N5O5. The molecule has 4 bridgehead atoms. The predicted octanol–water partition coefficient (Wildman–Crippen LogP) is 4.10. The van der Waals surface area contributed by atoms with Crippen LogP contribution in [0.25, 0.3) is 6.20 Å². The minimum atomic E-state index is -0.715. The largest absolute Gasteiger partial charge is 0.477 e. The molecule has 0 saturated heterocycles. The molecule has 1 aromatic rings. The van der Waals surface area contributed by atoms with E-state index in [0.717, 1.165) is 32.1 Å². The molecule has 0 aromatic carbocycles. The van der Waals surface area contributed by atoms with Crippen LogP contribution in [0.2, 0.25) is 0 Å². The Balaban J connectivity index is 1.49. The highest BCUT2D eigenvalue weighted by Gasteiger charge is 2.57. The minimum absolute atomic E-state index is 0.00518. The number of ether oxygens (including phenoxy) is 2. The Morgan fingerprint density at radius 3 is 2.41 bits per heavy atom. The number of hydrogen-bond donors (Lipinski definition) is 3. The van der Waals surface area contributed by atoms with Crippen LogP contribution in [0, 0.1) is 29.6 Å². The summed E-state index contributed by atoms with van der Waals surface area (Å²) in [6, 6.07) is 0.00518. The molecule has 5 rings (SSSR count). The lowest BCUT2D eigenvalue weighted by Crippen LogP contribution is -2.63. The summed E-state index contributed by atoms with van der Waals surface area (Å²) in [4.78, 5) is 37.5. The predicted molar refractivity (Wildman–Crippen MR) is 148 cm³/mol. The second-order valence-corrected chi connectivity index (χ2v) is 13.3. The number of hydrogen-bond acceptors (Lipinski definition) is 6. The van der Waals surface area contributed by atoms with Crippen molar-refractivity contribution in [2.24, 2.45) is 35.3 Å². The number of carbonyl (C=O) groups excluding carboxylic acids is 3. The Morgan fingerprint density at radius 2 is 1.82 bits per heavy atom. The summed E-state index contributed by atoms with van der Waals surface area (Å²) in [5, 5.41) is 10.7. The van der Waals surface area contributed by atoms with Crippen LogP contribution < -0.4 is 21.1 Å². The van der Waals surface area contributed by atoms with Crippen molar-refractivity contribution in [1.82, 2.24) is 20.4 Å². The maximum absolute atomic E-state index is 13.6. The highest BCUT2D eigenvalue weighted by Crippen LogP contribution is 2.57. The van der Waals surface area contributed by atoms with Crippen molar-refractivity contribution in [3.8, 4) is 5.88 Å². The van der Waals surface area contributed by atoms with E-state index in [2.05, 4.69) is 15.7 Å². The third-order valence-electron chi connectivity index (χ3n) is 8.07.